The molecule has 5 nitrogen and oxygen atoms in total. The van der Waals surface area contributed by atoms with E-state index in [1.807, 2.05) is 24.5 Å². The molecule has 1 unspecified atom stereocenters. The monoisotopic (exact) mass is 373 g/mol. The van der Waals surface area contributed by atoms with Crippen molar-refractivity contribution in [1.29, 1.82) is 0 Å². The topological polar surface area (TPSA) is 74.8 Å². The number of H-pyrrole nitrogens is 1. The molecule has 0 bridgehead atoms. The van der Waals surface area contributed by atoms with Gasteiger partial charge in [-0.2, -0.15) is 0 Å². The number of aromatic amines is 1. The van der Waals surface area contributed by atoms with Crippen molar-refractivity contribution in [1.82, 2.24) is 9.97 Å². The molecule has 7 heteroatoms. The molecule has 2 aromatic rings. The van der Waals surface area contributed by atoms with Crippen LogP contribution in [0.15, 0.2) is 45.5 Å². The van der Waals surface area contributed by atoms with Crippen LogP contribution in [-0.2, 0) is 4.79 Å². The maximum atomic E-state index is 12.8. The highest BCUT2D eigenvalue weighted by molar-refractivity contribution is 7.98. The second-order valence-corrected chi connectivity index (χ2v) is 7.29. The summed E-state index contributed by atoms with van der Waals surface area (Å²) in [4.78, 5) is 32.8. The van der Waals surface area contributed by atoms with Crippen LogP contribution in [0.4, 0.5) is 5.82 Å². The molecule has 2 aliphatic rings. The molecule has 4 rings (SSSR count). The number of benzene rings is 1. The van der Waals surface area contributed by atoms with Crippen LogP contribution in [0.5, 0.6) is 0 Å². The number of carbonyl (C=O) groups excluding carboxylic acids is 1. The average Bonchev–Trinajstić information content (AvgIpc) is 2.60. The van der Waals surface area contributed by atoms with Crippen LogP contribution in [0.25, 0.3) is 0 Å². The molecule has 1 atom stereocenters. The number of carbonyl (C=O) groups is 1. The van der Waals surface area contributed by atoms with Gasteiger partial charge in [0.2, 0.25) is 0 Å². The standard InChI is InChI=1S/C18H16ClN3O2S/c1-25-18-21-16-15(17(24)22-18)13(9-5-2-3-6-10(9)19)14-11(20-16)7-4-8-12(14)23/h2-3,5-6,13H,4,7-8H2,1H3,(H2,20,21,22,24). The van der Waals surface area contributed by atoms with Crippen LogP contribution in [0, 0.1) is 0 Å². The lowest BCUT2D eigenvalue weighted by Gasteiger charge is -2.33. The first-order valence-corrected chi connectivity index (χ1v) is 9.66. The number of nitrogens with zero attached hydrogens (tertiary/aromatic N) is 1. The van der Waals surface area contributed by atoms with E-state index in [-0.39, 0.29) is 11.3 Å². The van der Waals surface area contributed by atoms with E-state index in [4.69, 9.17) is 11.6 Å². The molecule has 0 saturated heterocycles. The molecule has 0 fully saturated rings. The highest BCUT2D eigenvalue weighted by Crippen LogP contribution is 2.45. The third-order valence-corrected chi connectivity index (χ3v) is 5.57. The Balaban J connectivity index is 2.02. The molecule has 0 saturated carbocycles. The zero-order chi connectivity index (χ0) is 17.6. The highest BCUT2D eigenvalue weighted by atomic mass is 35.5. The average molecular weight is 374 g/mol. The number of anilines is 1. The Morgan fingerprint density at radius 3 is 2.80 bits per heavy atom. The Morgan fingerprint density at radius 2 is 2.04 bits per heavy atom. The van der Waals surface area contributed by atoms with Gasteiger partial charge in [-0.15, -0.1) is 0 Å². The maximum absolute atomic E-state index is 12.8. The van der Waals surface area contributed by atoms with Crippen LogP contribution in [0.3, 0.4) is 0 Å². The Morgan fingerprint density at radius 1 is 1.24 bits per heavy atom. The van der Waals surface area contributed by atoms with Crippen LogP contribution in [-0.4, -0.2) is 22.0 Å². The molecule has 0 amide bonds. The van der Waals surface area contributed by atoms with Gasteiger partial charge in [-0.05, 0) is 30.7 Å². The summed E-state index contributed by atoms with van der Waals surface area (Å²) in [7, 11) is 0. The minimum absolute atomic E-state index is 0.0673. The summed E-state index contributed by atoms with van der Waals surface area (Å²) >= 11 is 7.79. The van der Waals surface area contributed by atoms with Gasteiger partial charge >= 0.3 is 0 Å². The number of ketones is 1. The fraction of sp³-hybridized carbons (Fsp3) is 0.278. The van der Waals surface area contributed by atoms with E-state index in [2.05, 4.69) is 15.3 Å². The number of hydrogen-bond acceptors (Lipinski definition) is 5. The van der Waals surface area contributed by atoms with Crippen molar-refractivity contribution < 1.29 is 4.79 Å². The number of rotatable bonds is 2. The lowest BCUT2D eigenvalue weighted by atomic mass is 9.76. The van der Waals surface area contributed by atoms with Gasteiger partial charge in [0.25, 0.3) is 5.56 Å². The first kappa shape index (κ1) is 16.4. The van der Waals surface area contributed by atoms with E-state index in [1.54, 1.807) is 6.07 Å². The van der Waals surface area contributed by atoms with E-state index in [0.29, 0.717) is 33.6 Å². The number of allylic oxidation sites excluding steroid dienone is 2. The van der Waals surface area contributed by atoms with E-state index < -0.39 is 5.92 Å². The molecule has 0 spiro atoms. The van der Waals surface area contributed by atoms with Gasteiger partial charge in [-0.3, -0.25) is 9.59 Å². The van der Waals surface area contributed by atoms with E-state index >= 15 is 0 Å². The Labute approximate surface area is 153 Å². The summed E-state index contributed by atoms with van der Waals surface area (Å²) in [6.07, 6.45) is 3.91. The quantitative estimate of drug-likeness (QED) is 0.620. The number of fused-ring (bicyclic) bond motifs is 1. The Bertz CT molecular complexity index is 967. The fourth-order valence-corrected chi connectivity index (χ4v) is 4.18. The molecule has 1 aromatic carbocycles. The highest BCUT2D eigenvalue weighted by Gasteiger charge is 2.38. The number of hydrogen-bond donors (Lipinski definition) is 2. The van der Waals surface area contributed by atoms with Gasteiger partial charge in [-0.25, -0.2) is 4.98 Å². The van der Waals surface area contributed by atoms with Gasteiger partial charge < -0.3 is 10.3 Å². The summed E-state index contributed by atoms with van der Waals surface area (Å²) in [6.45, 7) is 0. The second-order valence-electron chi connectivity index (χ2n) is 6.09. The lowest BCUT2D eigenvalue weighted by Crippen LogP contribution is -2.32. The van der Waals surface area contributed by atoms with Gasteiger partial charge in [0, 0.05) is 28.6 Å². The largest absolute Gasteiger partial charge is 0.343 e. The van der Waals surface area contributed by atoms with Crippen molar-refractivity contribution in [2.24, 2.45) is 0 Å². The minimum Gasteiger partial charge on any atom is -0.343 e. The molecule has 1 aromatic heterocycles. The lowest BCUT2D eigenvalue weighted by molar-refractivity contribution is -0.116. The predicted molar refractivity (Wildman–Crippen MR) is 99.4 cm³/mol. The molecular formula is C18H16ClN3O2S. The second kappa shape index (κ2) is 6.35. The molecule has 2 heterocycles. The molecule has 128 valence electrons. The number of Topliss-reactive ketones (excluding diaryl/α,β-unsaturated/α-hetero) is 1. The van der Waals surface area contributed by atoms with E-state index in [1.165, 1.54) is 11.8 Å². The van der Waals surface area contributed by atoms with Gasteiger partial charge in [0.05, 0.1) is 5.56 Å². The van der Waals surface area contributed by atoms with Crippen molar-refractivity contribution in [2.45, 2.75) is 30.3 Å². The third-order valence-electron chi connectivity index (χ3n) is 4.65. The first-order valence-electron chi connectivity index (χ1n) is 8.06. The van der Waals surface area contributed by atoms with E-state index in [9.17, 15) is 9.59 Å². The van der Waals surface area contributed by atoms with Crippen molar-refractivity contribution in [3.8, 4) is 0 Å². The zero-order valence-electron chi connectivity index (χ0n) is 13.6. The summed E-state index contributed by atoms with van der Waals surface area (Å²) in [5.41, 5.74) is 2.49. The van der Waals surface area contributed by atoms with Gasteiger partial charge in [-0.1, -0.05) is 41.6 Å². The molecular weight excluding hydrogens is 358 g/mol. The SMILES string of the molecule is CSc1nc2c(c(=O)[nH]1)C(c1ccccc1Cl)C1=C(CCCC1=O)N2. The Hall–Kier alpha value is -2.05. The Kier molecular flexibility index (Phi) is 4.17. The molecule has 1 aliphatic carbocycles. The number of aromatic nitrogens is 2. The summed E-state index contributed by atoms with van der Waals surface area (Å²) in [5, 5.41) is 4.32. The van der Waals surface area contributed by atoms with Crippen molar-refractivity contribution in [2.75, 3.05) is 11.6 Å². The number of halogens is 1. The third kappa shape index (κ3) is 2.69. The van der Waals surface area contributed by atoms with Crippen LogP contribution in [0.1, 0.15) is 36.3 Å². The molecule has 0 radical (unpaired) electrons. The number of thioether (sulfide) groups is 1. The zero-order valence-corrected chi connectivity index (χ0v) is 15.1. The van der Waals surface area contributed by atoms with Crippen LogP contribution in [0.2, 0.25) is 5.02 Å². The molecule has 25 heavy (non-hydrogen) atoms. The predicted octanol–water partition coefficient (Wildman–Crippen LogP) is 3.71. The normalized spacial score (nSPS) is 19.3. The number of nitrogens with one attached hydrogen (secondary N) is 2. The van der Waals surface area contributed by atoms with Gasteiger partial charge in [0.15, 0.2) is 10.9 Å². The first-order chi connectivity index (χ1) is 12.1. The van der Waals surface area contributed by atoms with Crippen molar-refractivity contribution >= 4 is 35.0 Å². The van der Waals surface area contributed by atoms with Crippen molar-refractivity contribution in [3.05, 3.63) is 62.0 Å². The summed E-state index contributed by atoms with van der Waals surface area (Å²) in [6, 6.07) is 7.36. The summed E-state index contributed by atoms with van der Waals surface area (Å²) < 4.78 is 0. The van der Waals surface area contributed by atoms with Crippen LogP contribution >= 0.6 is 23.4 Å². The van der Waals surface area contributed by atoms with E-state index in [0.717, 1.165) is 24.1 Å². The van der Waals surface area contributed by atoms with Gasteiger partial charge in [0.1, 0.15) is 5.82 Å². The van der Waals surface area contributed by atoms with Crippen LogP contribution < -0.4 is 10.9 Å². The molecule has 1 aliphatic heterocycles. The smallest absolute Gasteiger partial charge is 0.257 e. The maximum Gasteiger partial charge on any atom is 0.257 e. The molecule has 2 N–H and O–H groups in total. The minimum atomic E-state index is -0.486. The fourth-order valence-electron chi connectivity index (χ4n) is 3.56. The van der Waals surface area contributed by atoms with Crippen molar-refractivity contribution in [3.63, 3.8) is 0 Å². The summed E-state index contributed by atoms with van der Waals surface area (Å²) in [5.74, 6) is 0.101.